The number of nitrogens with one attached hydrogen (secondary N) is 2. The van der Waals surface area contributed by atoms with Crippen LogP contribution in [-0.2, 0) is 24.9 Å². The second-order valence-corrected chi connectivity index (χ2v) is 7.48. The van der Waals surface area contributed by atoms with Gasteiger partial charge in [-0.2, -0.15) is 0 Å². The fourth-order valence-corrected chi connectivity index (χ4v) is 3.16. The van der Waals surface area contributed by atoms with Crippen molar-refractivity contribution in [2.24, 2.45) is 12.0 Å². The van der Waals surface area contributed by atoms with Gasteiger partial charge in [-0.1, -0.05) is 13.8 Å². The van der Waals surface area contributed by atoms with Gasteiger partial charge in [0, 0.05) is 32.2 Å². The van der Waals surface area contributed by atoms with E-state index < -0.39 is 0 Å². The summed E-state index contributed by atoms with van der Waals surface area (Å²) in [6.45, 7) is 11.6. The van der Waals surface area contributed by atoms with E-state index in [1.54, 1.807) is 11.3 Å². The van der Waals surface area contributed by atoms with Crippen molar-refractivity contribution < 1.29 is 4.74 Å². The van der Waals surface area contributed by atoms with Gasteiger partial charge in [-0.25, -0.2) is 9.98 Å². The van der Waals surface area contributed by atoms with Crippen LogP contribution in [0.15, 0.2) is 10.4 Å². The second-order valence-electron chi connectivity index (χ2n) is 6.54. The summed E-state index contributed by atoms with van der Waals surface area (Å²) in [7, 11) is 1.95. The Morgan fingerprint density at radius 1 is 1.32 bits per heavy atom. The van der Waals surface area contributed by atoms with E-state index in [-0.39, 0.29) is 24.0 Å². The van der Waals surface area contributed by atoms with Crippen LogP contribution in [0.1, 0.15) is 55.5 Å². The molecule has 2 aromatic rings. The van der Waals surface area contributed by atoms with Crippen molar-refractivity contribution in [2.75, 3.05) is 19.8 Å². The summed E-state index contributed by atoms with van der Waals surface area (Å²) in [5.41, 5.74) is 1.13. The van der Waals surface area contributed by atoms with E-state index in [0.29, 0.717) is 19.0 Å². The summed E-state index contributed by atoms with van der Waals surface area (Å²) < 4.78 is 7.34. The maximum atomic E-state index is 5.39. The third kappa shape index (κ3) is 8.00. The summed E-state index contributed by atoms with van der Waals surface area (Å²) in [5.74, 6) is 2.90. The summed E-state index contributed by atoms with van der Waals surface area (Å²) in [6.07, 6.45) is 0.923. The quantitative estimate of drug-likeness (QED) is 0.216. The number of aliphatic imine (C=N–C) groups is 1. The lowest BCUT2D eigenvalue weighted by molar-refractivity contribution is 0.145. The van der Waals surface area contributed by atoms with Gasteiger partial charge < -0.3 is 19.9 Å². The standard InChI is InChI=1S/C18H31N7OS.HI/c1-6-26-9-7-8-19-18(20-10-16-24-23-14(4)25(16)5)21-11-17-22-15(12-27-17)13(2)3;/h12-13H,6-11H2,1-5H3,(H2,19,20,21);1H. The maximum absolute atomic E-state index is 5.39. The minimum absolute atomic E-state index is 0. The van der Waals surface area contributed by atoms with Gasteiger partial charge in [-0.05, 0) is 26.2 Å². The van der Waals surface area contributed by atoms with Crippen molar-refractivity contribution in [3.05, 3.63) is 27.7 Å². The van der Waals surface area contributed by atoms with E-state index >= 15 is 0 Å². The molecule has 0 fully saturated rings. The highest BCUT2D eigenvalue weighted by Crippen LogP contribution is 2.17. The van der Waals surface area contributed by atoms with Crippen LogP contribution < -0.4 is 10.6 Å². The molecule has 0 aromatic carbocycles. The monoisotopic (exact) mass is 521 g/mol. The first-order valence-electron chi connectivity index (χ1n) is 9.40. The third-order valence-corrected chi connectivity index (χ3v) is 4.96. The molecule has 2 heterocycles. The Morgan fingerprint density at radius 2 is 2.11 bits per heavy atom. The van der Waals surface area contributed by atoms with Crippen LogP contribution in [0.25, 0.3) is 0 Å². The third-order valence-electron chi connectivity index (χ3n) is 4.09. The summed E-state index contributed by atoms with van der Waals surface area (Å²) >= 11 is 1.67. The van der Waals surface area contributed by atoms with E-state index in [9.17, 15) is 0 Å². The molecule has 2 N–H and O–H groups in total. The minimum Gasteiger partial charge on any atom is -0.382 e. The van der Waals surface area contributed by atoms with Gasteiger partial charge in [-0.15, -0.1) is 45.5 Å². The van der Waals surface area contributed by atoms with Crippen LogP contribution in [0.3, 0.4) is 0 Å². The molecule has 0 amide bonds. The number of hydrogen-bond donors (Lipinski definition) is 2. The summed E-state index contributed by atoms with van der Waals surface area (Å²) in [6, 6.07) is 0. The number of rotatable bonds is 10. The van der Waals surface area contributed by atoms with E-state index in [1.807, 2.05) is 25.5 Å². The number of hydrogen-bond acceptors (Lipinski definition) is 6. The first-order valence-corrected chi connectivity index (χ1v) is 10.3. The van der Waals surface area contributed by atoms with Gasteiger partial charge in [0.1, 0.15) is 17.4 Å². The molecular weight excluding hydrogens is 489 g/mol. The minimum atomic E-state index is 0. The Bertz CT molecular complexity index is 729. The van der Waals surface area contributed by atoms with Gasteiger partial charge in [0.2, 0.25) is 0 Å². The van der Waals surface area contributed by atoms with Crippen molar-refractivity contribution in [2.45, 2.75) is 53.1 Å². The first-order chi connectivity index (χ1) is 13.0. The number of nitrogens with zero attached hydrogens (tertiary/aromatic N) is 5. The zero-order chi connectivity index (χ0) is 19.6. The second kappa shape index (κ2) is 13.0. The molecule has 0 saturated carbocycles. The van der Waals surface area contributed by atoms with Crippen LogP contribution >= 0.6 is 35.3 Å². The number of aromatic nitrogens is 4. The molecule has 0 unspecified atom stereocenters. The van der Waals surface area contributed by atoms with Gasteiger partial charge in [0.05, 0.1) is 12.2 Å². The van der Waals surface area contributed by atoms with Crippen LogP contribution in [-0.4, -0.2) is 45.5 Å². The Labute approximate surface area is 188 Å². The maximum Gasteiger partial charge on any atom is 0.192 e. The molecule has 0 atom stereocenters. The van der Waals surface area contributed by atoms with Crippen LogP contribution in [0.2, 0.25) is 0 Å². The molecule has 158 valence electrons. The lowest BCUT2D eigenvalue weighted by Gasteiger charge is -2.12. The van der Waals surface area contributed by atoms with Crippen molar-refractivity contribution in [1.82, 2.24) is 30.4 Å². The lowest BCUT2D eigenvalue weighted by Crippen LogP contribution is -2.38. The fourth-order valence-electron chi connectivity index (χ4n) is 2.27. The zero-order valence-corrected chi connectivity index (χ0v) is 20.5. The highest BCUT2D eigenvalue weighted by Gasteiger charge is 2.08. The average molecular weight is 521 g/mol. The highest BCUT2D eigenvalue weighted by atomic mass is 127. The molecule has 8 nitrogen and oxygen atoms in total. The van der Waals surface area contributed by atoms with E-state index in [2.05, 4.69) is 50.0 Å². The molecule has 10 heteroatoms. The van der Waals surface area contributed by atoms with Crippen molar-refractivity contribution in [3.63, 3.8) is 0 Å². The number of ether oxygens (including phenoxy) is 1. The van der Waals surface area contributed by atoms with Crippen LogP contribution in [0, 0.1) is 6.92 Å². The number of aryl methyl sites for hydroxylation is 1. The molecule has 2 aromatic heterocycles. The number of guanidine groups is 1. The molecule has 2 rings (SSSR count). The topological polar surface area (TPSA) is 89.2 Å². The van der Waals surface area contributed by atoms with Gasteiger partial charge in [-0.3, -0.25) is 0 Å². The van der Waals surface area contributed by atoms with E-state index in [4.69, 9.17) is 4.74 Å². The molecule has 0 saturated heterocycles. The molecule has 0 aliphatic carbocycles. The molecule has 0 spiro atoms. The van der Waals surface area contributed by atoms with Crippen LogP contribution in [0.5, 0.6) is 0 Å². The van der Waals surface area contributed by atoms with E-state index in [0.717, 1.165) is 54.5 Å². The predicted molar refractivity (Wildman–Crippen MR) is 124 cm³/mol. The Balaban J connectivity index is 0.00000392. The van der Waals surface area contributed by atoms with Gasteiger partial charge >= 0.3 is 0 Å². The van der Waals surface area contributed by atoms with Crippen molar-refractivity contribution >= 4 is 41.3 Å². The summed E-state index contributed by atoms with van der Waals surface area (Å²) in [4.78, 5) is 9.32. The van der Waals surface area contributed by atoms with Gasteiger partial charge in [0.25, 0.3) is 0 Å². The average Bonchev–Trinajstić information content (AvgIpc) is 3.25. The largest absolute Gasteiger partial charge is 0.382 e. The van der Waals surface area contributed by atoms with Gasteiger partial charge in [0.15, 0.2) is 11.8 Å². The smallest absolute Gasteiger partial charge is 0.192 e. The molecule has 0 aliphatic rings. The molecule has 0 radical (unpaired) electrons. The van der Waals surface area contributed by atoms with Crippen molar-refractivity contribution in [3.8, 4) is 0 Å². The SMILES string of the molecule is CCOCCCNC(=NCc1nnc(C)n1C)NCc1nc(C(C)C)cs1.I. The Morgan fingerprint density at radius 3 is 2.71 bits per heavy atom. The fraction of sp³-hybridized carbons (Fsp3) is 0.667. The molecule has 28 heavy (non-hydrogen) atoms. The summed E-state index contributed by atoms with van der Waals surface area (Å²) in [5, 5.41) is 18.1. The highest BCUT2D eigenvalue weighted by molar-refractivity contribution is 14.0. The van der Waals surface area contributed by atoms with Crippen LogP contribution in [0.4, 0.5) is 0 Å². The molecule has 0 aliphatic heterocycles. The predicted octanol–water partition coefficient (Wildman–Crippen LogP) is 2.98. The van der Waals surface area contributed by atoms with Crippen molar-refractivity contribution in [1.29, 1.82) is 0 Å². The first kappa shape index (κ1) is 24.8. The lowest BCUT2D eigenvalue weighted by atomic mass is 10.2. The molecular formula is C18H32IN7OS. The normalized spacial score (nSPS) is 11.6. The molecule has 0 bridgehead atoms. The zero-order valence-electron chi connectivity index (χ0n) is 17.4. The Kier molecular flexibility index (Phi) is 11.5. The van der Waals surface area contributed by atoms with E-state index in [1.165, 1.54) is 0 Å². The number of thiazole rings is 1. The number of halogens is 1. The Hall–Kier alpha value is -1.27.